The number of halogens is 2. The molecular weight excluding hydrogens is 528 g/mol. The van der Waals surface area contributed by atoms with Gasteiger partial charge in [0.2, 0.25) is 16.8 Å². The van der Waals surface area contributed by atoms with Crippen molar-refractivity contribution in [3.63, 3.8) is 0 Å². The highest BCUT2D eigenvalue weighted by molar-refractivity contribution is 7.70. The monoisotopic (exact) mass is 555 g/mol. The molecule has 1 saturated heterocycles. The van der Waals surface area contributed by atoms with Gasteiger partial charge in [-0.05, 0) is 48.2 Å². The number of thiol groups is 1. The van der Waals surface area contributed by atoms with Gasteiger partial charge in [0.15, 0.2) is 5.82 Å². The third kappa shape index (κ3) is 5.97. The van der Waals surface area contributed by atoms with Gasteiger partial charge in [0.05, 0.1) is 20.3 Å². The van der Waals surface area contributed by atoms with Crippen LogP contribution in [0.3, 0.4) is 0 Å². The molecule has 0 unspecified atom stereocenters. The van der Waals surface area contributed by atoms with Gasteiger partial charge in [-0.3, -0.25) is 0 Å². The maximum atomic E-state index is 15.7. The fraction of sp³-hybridized carbons (Fsp3) is 0.296. The molecule has 1 N–H and O–H groups in total. The molecule has 0 amide bonds. The van der Waals surface area contributed by atoms with E-state index >= 15 is 4.39 Å². The molecule has 0 spiro atoms. The van der Waals surface area contributed by atoms with Crippen LogP contribution in [0.2, 0.25) is 0 Å². The first kappa shape index (κ1) is 26.9. The summed E-state index contributed by atoms with van der Waals surface area (Å²) in [5.41, 5.74) is 2.54. The quantitative estimate of drug-likeness (QED) is 0.184. The molecule has 9 nitrogen and oxygen atoms in total. The average Bonchev–Trinajstić information content (AvgIpc) is 2.95. The molecule has 204 valence electrons. The summed E-state index contributed by atoms with van der Waals surface area (Å²) >= 11 is 0. The zero-order chi connectivity index (χ0) is 27.4. The number of hydrogen-bond acceptors (Lipinski definition) is 8. The SMILES string of the molecule is COc1cc(-c2cccc(CCCN[SH](=O)=O)c2F)cc2c(N3CCOCC3)nc(-c3ccc(F)nc3)nc12. The van der Waals surface area contributed by atoms with Gasteiger partial charge >= 0.3 is 0 Å². The molecule has 1 aliphatic rings. The fourth-order valence-electron chi connectivity index (χ4n) is 4.59. The van der Waals surface area contributed by atoms with Gasteiger partial charge in [-0.1, -0.05) is 18.2 Å². The second-order valence-corrected chi connectivity index (χ2v) is 9.79. The Morgan fingerprint density at radius 3 is 2.62 bits per heavy atom. The molecule has 3 heterocycles. The number of hydrogen-bond donors (Lipinski definition) is 2. The maximum Gasteiger partial charge on any atom is 0.212 e. The van der Waals surface area contributed by atoms with E-state index in [0.717, 1.165) is 0 Å². The number of rotatable bonds is 9. The van der Waals surface area contributed by atoms with Crippen molar-refractivity contribution < 1.29 is 26.7 Å². The van der Waals surface area contributed by atoms with Gasteiger partial charge in [-0.25, -0.2) is 32.5 Å². The van der Waals surface area contributed by atoms with Gasteiger partial charge < -0.3 is 14.4 Å². The minimum atomic E-state index is -2.68. The Balaban J connectivity index is 1.62. The summed E-state index contributed by atoms with van der Waals surface area (Å²) in [7, 11) is -1.16. The van der Waals surface area contributed by atoms with Gasteiger partial charge in [-0.2, -0.15) is 4.39 Å². The zero-order valence-corrected chi connectivity index (χ0v) is 22.1. The molecule has 0 bridgehead atoms. The molecule has 0 saturated carbocycles. The van der Waals surface area contributed by atoms with Crippen LogP contribution in [0, 0.1) is 11.8 Å². The summed E-state index contributed by atoms with van der Waals surface area (Å²) in [5.74, 6) is 0.454. The zero-order valence-electron chi connectivity index (χ0n) is 21.2. The molecule has 2 aromatic carbocycles. The van der Waals surface area contributed by atoms with Gasteiger partial charge in [0, 0.05) is 42.3 Å². The lowest BCUT2D eigenvalue weighted by molar-refractivity contribution is 0.122. The molecule has 1 aliphatic heterocycles. The van der Waals surface area contributed by atoms with Crippen LogP contribution in [-0.2, 0) is 22.0 Å². The van der Waals surface area contributed by atoms with Crippen molar-refractivity contribution in [3.8, 4) is 28.3 Å². The van der Waals surface area contributed by atoms with E-state index in [9.17, 15) is 12.8 Å². The number of ether oxygens (including phenoxy) is 2. The smallest absolute Gasteiger partial charge is 0.212 e. The van der Waals surface area contributed by atoms with Crippen molar-refractivity contribution in [2.24, 2.45) is 0 Å². The van der Waals surface area contributed by atoms with E-state index in [0.29, 0.717) is 89.7 Å². The third-order valence-electron chi connectivity index (χ3n) is 6.51. The number of nitrogens with one attached hydrogen (secondary N) is 1. The number of aromatic nitrogens is 3. The lowest BCUT2D eigenvalue weighted by atomic mass is 9.98. The average molecular weight is 556 g/mol. The van der Waals surface area contributed by atoms with Crippen LogP contribution in [0.15, 0.2) is 48.7 Å². The molecule has 2 aromatic heterocycles. The standard InChI is InChI=1S/C27H27F2N5O4S/c1-37-22-15-19(20-6-2-4-17(24(20)29)5-3-9-31-39(35)36)14-21-25(22)32-26(18-7-8-23(28)30-16-18)33-27(21)34-10-12-38-13-11-34/h2,4,6-8,14-16,39H,3,5,9-13H2,1H3,(H,31,35,36). The van der Waals surface area contributed by atoms with Crippen molar-refractivity contribution in [2.75, 3.05) is 44.9 Å². The van der Waals surface area contributed by atoms with Crippen molar-refractivity contribution in [1.29, 1.82) is 0 Å². The van der Waals surface area contributed by atoms with Crippen LogP contribution in [0.5, 0.6) is 5.75 Å². The summed E-state index contributed by atoms with van der Waals surface area (Å²) in [6.07, 6.45) is 2.21. The van der Waals surface area contributed by atoms with E-state index in [1.54, 1.807) is 30.3 Å². The van der Waals surface area contributed by atoms with E-state index in [2.05, 4.69) is 14.6 Å². The molecule has 4 aromatic rings. The van der Waals surface area contributed by atoms with E-state index in [1.165, 1.54) is 19.4 Å². The molecule has 12 heteroatoms. The minimum Gasteiger partial charge on any atom is -0.494 e. The predicted molar refractivity (Wildman–Crippen MR) is 144 cm³/mol. The summed E-state index contributed by atoms with van der Waals surface area (Å²) in [5, 5.41) is 0.679. The lowest BCUT2D eigenvalue weighted by Gasteiger charge is -2.29. The minimum absolute atomic E-state index is 0.234. The highest BCUT2D eigenvalue weighted by atomic mass is 32.2. The first-order valence-electron chi connectivity index (χ1n) is 12.4. The number of morpholine rings is 1. The Kier molecular flexibility index (Phi) is 8.24. The first-order chi connectivity index (χ1) is 18.9. The molecule has 0 radical (unpaired) electrons. The maximum absolute atomic E-state index is 15.7. The van der Waals surface area contributed by atoms with Gasteiger partial charge in [0.25, 0.3) is 0 Å². The Morgan fingerprint density at radius 2 is 1.90 bits per heavy atom. The molecular formula is C27H27F2N5O4S. The Morgan fingerprint density at radius 1 is 1.08 bits per heavy atom. The van der Waals surface area contributed by atoms with Crippen LogP contribution < -0.4 is 14.4 Å². The second kappa shape index (κ2) is 12.0. The molecule has 0 aliphatic carbocycles. The van der Waals surface area contributed by atoms with Crippen molar-refractivity contribution >= 4 is 27.6 Å². The number of methoxy groups -OCH3 is 1. The molecule has 5 rings (SSSR count). The third-order valence-corrected chi connectivity index (χ3v) is 7.00. The van der Waals surface area contributed by atoms with Crippen LogP contribution >= 0.6 is 0 Å². The molecule has 39 heavy (non-hydrogen) atoms. The van der Waals surface area contributed by atoms with E-state index < -0.39 is 16.8 Å². The Hall–Kier alpha value is -3.74. The van der Waals surface area contributed by atoms with Crippen molar-refractivity contribution in [1.82, 2.24) is 19.7 Å². The fourth-order valence-corrected chi connectivity index (χ4v) is 4.94. The van der Waals surface area contributed by atoms with E-state index in [4.69, 9.17) is 19.4 Å². The second-order valence-electron chi connectivity index (χ2n) is 8.96. The number of nitrogens with zero attached hydrogens (tertiary/aromatic N) is 4. The first-order valence-corrected chi connectivity index (χ1v) is 13.6. The van der Waals surface area contributed by atoms with Crippen molar-refractivity contribution in [2.45, 2.75) is 12.8 Å². The lowest BCUT2D eigenvalue weighted by Crippen LogP contribution is -2.37. The highest BCUT2D eigenvalue weighted by Gasteiger charge is 2.22. The number of benzene rings is 2. The van der Waals surface area contributed by atoms with Crippen molar-refractivity contribution in [3.05, 3.63) is 66.0 Å². The van der Waals surface area contributed by atoms with E-state index in [1.807, 2.05) is 6.07 Å². The van der Waals surface area contributed by atoms with Crippen LogP contribution in [0.1, 0.15) is 12.0 Å². The van der Waals surface area contributed by atoms with Crippen LogP contribution in [0.4, 0.5) is 14.6 Å². The van der Waals surface area contributed by atoms with Crippen LogP contribution in [-0.4, -0.2) is 63.3 Å². The number of aryl methyl sites for hydroxylation is 1. The van der Waals surface area contributed by atoms with E-state index in [-0.39, 0.29) is 12.4 Å². The molecule has 0 atom stereocenters. The largest absolute Gasteiger partial charge is 0.494 e. The number of fused-ring (bicyclic) bond motifs is 1. The topological polar surface area (TPSA) is 107 Å². The Bertz CT molecular complexity index is 1550. The number of anilines is 1. The highest BCUT2D eigenvalue weighted by Crippen LogP contribution is 2.38. The number of pyridine rings is 1. The normalized spacial score (nSPS) is 13.8. The summed E-state index contributed by atoms with van der Waals surface area (Å²) < 4.78 is 64.2. The predicted octanol–water partition coefficient (Wildman–Crippen LogP) is 3.53. The summed E-state index contributed by atoms with van der Waals surface area (Å²) in [6.45, 7) is 2.50. The summed E-state index contributed by atoms with van der Waals surface area (Å²) in [6, 6.07) is 11.6. The molecule has 1 fully saturated rings. The van der Waals surface area contributed by atoms with Crippen LogP contribution in [0.25, 0.3) is 33.4 Å². The Labute approximate surface area is 225 Å². The van der Waals surface area contributed by atoms with Gasteiger partial charge in [-0.15, -0.1) is 0 Å². The van der Waals surface area contributed by atoms with Gasteiger partial charge in [0.1, 0.15) is 22.9 Å². The summed E-state index contributed by atoms with van der Waals surface area (Å²) in [4.78, 5) is 15.4.